The van der Waals surface area contributed by atoms with Gasteiger partial charge in [-0.25, -0.2) is 4.79 Å². The molecule has 0 aromatic heterocycles. The van der Waals surface area contributed by atoms with Crippen molar-refractivity contribution in [2.45, 2.75) is 13.3 Å². The van der Waals surface area contributed by atoms with E-state index >= 15 is 0 Å². The highest BCUT2D eigenvalue weighted by atomic mass is 16.4. The topological polar surface area (TPSA) is 40.5 Å². The first-order valence-electron chi connectivity index (χ1n) is 3.44. The third kappa shape index (κ3) is 5.61. The minimum absolute atomic E-state index is 0.392. The van der Waals surface area contributed by atoms with Crippen molar-refractivity contribution in [2.75, 3.05) is 14.1 Å². The minimum Gasteiger partial charge on any atom is -0.478 e. The van der Waals surface area contributed by atoms with Crippen LogP contribution in [-0.4, -0.2) is 30.1 Å². The highest BCUT2D eigenvalue weighted by Gasteiger charge is 1.97. The van der Waals surface area contributed by atoms with Crippen LogP contribution in [0.25, 0.3) is 0 Å². The summed E-state index contributed by atoms with van der Waals surface area (Å²) >= 11 is 0. The maximum atomic E-state index is 10.3. The van der Waals surface area contributed by atoms with E-state index in [0.717, 1.165) is 0 Å². The summed E-state index contributed by atoms with van der Waals surface area (Å²) in [6.45, 7) is 3.50. The normalized spacial score (nSPS) is 12.2. The van der Waals surface area contributed by atoms with Crippen LogP contribution in [0.4, 0.5) is 0 Å². The van der Waals surface area contributed by atoms with Crippen LogP contribution in [0.2, 0.25) is 0 Å². The van der Waals surface area contributed by atoms with Gasteiger partial charge in [0.2, 0.25) is 0 Å². The smallest absolute Gasteiger partial charge is 0.330 e. The van der Waals surface area contributed by atoms with Crippen LogP contribution in [0.1, 0.15) is 13.3 Å². The molecule has 0 aliphatic carbocycles. The SMILES string of the molecule is CC(=CC[CH]N(C)C)C(=O)O. The van der Waals surface area contributed by atoms with E-state index in [1.165, 1.54) is 0 Å². The summed E-state index contributed by atoms with van der Waals surface area (Å²) in [5.41, 5.74) is 0.392. The van der Waals surface area contributed by atoms with E-state index in [0.29, 0.717) is 12.0 Å². The van der Waals surface area contributed by atoms with E-state index in [4.69, 9.17) is 5.11 Å². The molecule has 3 nitrogen and oxygen atoms in total. The predicted octanol–water partition coefficient (Wildman–Crippen LogP) is 1.13. The number of carboxylic acids is 1. The summed E-state index contributed by atoms with van der Waals surface area (Å²) in [4.78, 5) is 12.2. The number of hydrogen-bond donors (Lipinski definition) is 1. The maximum absolute atomic E-state index is 10.3. The zero-order valence-electron chi connectivity index (χ0n) is 7.16. The standard InChI is InChI=1S/C8H14NO2/c1-7(8(10)11)5-4-6-9(2)3/h5-6H,4H2,1-3H3,(H,10,11). The largest absolute Gasteiger partial charge is 0.478 e. The van der Waals surface area contributed by atoms with Gasteiger partial charge >= 0.3 is 5.97 Å². The number of carboxylic acid groups (broad SMARTS) is 1. The van der Waals surface area contributed by atoms with Gasteiger partial charge in [-0.3, -0.25) is 0 Å². The van der Waals surface area contributed by atoms with Crippen molar-refractivity contribution < 1.29 is 9.90 Å². The van der Waals surface area contributed by atoms with E-state index in [-0.39, 0.29) is 0 Å². The molecular formula is C8H14NO2. The van der Waals surface area contributed by atoms with Crippen LogP contribution < -0.4 is 0 Å². The molecule has 0 aliphatic rings. The lowest BCUT2D eigenvalue weighted by Gasteiger charge is -2.05. The Balaban J connectivity index is 3.65. The summed E-state index contributed by atoms with van der Waals surface area (Å²) in [5.74, 6) is -0.850. The molecule has 0 bridgehead atoms. The van der Waals surface area contributed by atoms with E-state index in [1.54, 1.807) is 13.0 Å². The molecule has 1 radical (unpaired) electrons. The molecule has 11 heavy (non-hydrogen) atoms. The van der Waals surface area contributed by atoms with E-state index in [9.17, 15) is 4.79 Å². The van der Waals surface area contributed by atoms with Crippen molar-refractivity contribution in [1.82, 2.24) is 4.90 Å². The third-order valence-corrected chi connectivity index (χ3v) is 1.23. The molecule has 0 fully saturated rings. The molecule has 0 spiro atoms. The van der Waals surface area contributed by atoms with Gasteiger partial charge in [0.25, 0.3) is 0 Å². The van der Waals surface area contributed by atoms with Crippen molar-refractivity contribution in [3.05, 3.63) is 18.2 Å². The third-order valence-electron chi connectivity index (χ3n) is 1.23. The summed E-state index contributed by atoms with van der Waals surface area (Å²) in [7, 11) is 3.81. The molecule has 0 aliphatic heterocycles. The Morgan fingerprint density at radius 2 is 2.09 bits per heavy atom. The molecule has 1 N–H and O–H groups in total. The van der Waals surface area contributed by atoms with Gasteiger partial charge in [0.05, 0.1) is 0 Å². The fourth-order valence-electron chi connectivity index (χ4n) is 0.528. The Bertz CT molecular complexity index is 161. The first-order chi connectivity index (χ1) is 5.04. The fraction of sp³-hybridized carbons (Fsp3) is 0.500. The average Bonchev–Trinajstić information content (AvgIpc) is 1.86. The number of rotatable bonds is 4. The second-order valence-corrected chi connectivity index (χ2v) is 2.57. The van der Waals surface area contributed by atoms with Gasteiger partial charge in [-0.05, 0) is 27.4 Å². The second-order valence-electron chi connectivity index (χ2n) is 2.57. The fourth-order valence-corrected chi connectivity index (χ4v) is 0.528. The highest BCUT2D eigenvalue weighted by Crippen LogP contribution is 1.98. The van der Waals surface area contributed by atoms with Crippen LogP contribution in [0.3, 0.4) is 0 Å². The number of hydrogen-bond acceptors (Lipinski definition) is 2. The van der Waals surface area contributed by atoms with Gasteiger partial charge in [-0.2, -0.15) is 0 Å². The first kappa shape index (κ1) is 10.2. The highest BCUT2D eigenvalue weighted by molar-refractivity contribution is 5.85. The molecule has 0 rings (SSSR count). The Morgan fingerprint density at radius 3 is 2.45 bits per heavy atom. The molecule has 0 amide bonds. The molecular weight excluding hydrogens is 142 g/mol. The average molecular weight is 156 g/mol. The van der Waals surface area contributed by atoms with E-state index in [1.807, 2.05) is 25.5 Å². The van der Waals surface area contributed by atoms with Gasteiger partial charge < -0.3 is 10.0 Å². The van der Waals surface area contributed by atoms with Gasteiger partial charge in [-0.15, -0.1) is 0 Å². The Kier molecular flexibility index (Phi) is 4.54. The van der Waals surface area contributed by atoms with E-state index in [2.05, 4.69) is 0 Å². The van der Waals surface area contributed by atoms with Gasteiger partial charge in [0, 0.05) is 12.1 Å². The van der Waals surface area contributed by atoms with Crippen molar-refractivity contribution in [3.63, 3.8) is 0 Å². The lowest BCUT2D eigenvalue weighted by Crippen LogP contribution is -2.06. The minimum atomic E-state index is -0.850. The molecule has 0 atom stereocenters. The first-order valence-corrected chi connectivity index (χ1v) is 3.44. The summed E-state index contributed by atoms with van der Waals surface area (Å²) < 4.78 is 0. The van der Waals surface area contributed by atoms with Crippen molar-refractivity contribution in [3.8, 4) is 0 Å². The second kappa shape index (κ2) is 4.91. The van der Waals surface area contributed by atoms with Crippen molar-refractivity contribution in [2.24, 2.45) is 0 Å². The van der Waals surface area contributed by atoms with Gasteiger partial charge in [-0.1, -0.05) is 6.08 Å². The van der Waals surface area contributed by atoms with Crippen molar-refractivity contribution >= 4 is 5.97 Å². The van der Waals surface area contributed by atoms with Crippen LogP contribution in [0.15, 0.2) is 11.6 Å². The van der Waals surface area contributed by atoms with Crippen molar-refractivity contribution in [1.29, 1.82) is 0 Å². The van der Waals surface area contributed by atoms with Gasteiger partial charge in [0.1, 0.15) is 0 Å². The van der Waals surface area contributed by atoms with Crippen LogP contribution in [0, 0.1) is 6.54 Å². The molecule has 0 aromatic rings. The summed E-state index contributed by atoms with van der Waals surface area (Å²) in [5, 5.41) is 8.45. The number of nitrogens with zero attached hydrogens (tertiary/aromatic N) is 1. The summed E-state index contributed by atoms with van der Waals surface area (Å²) in [6.07, 6.45) is 2.35. The number of aliphatic carboxylic acids is 1. The molecule has 0 aromatic carbocycles. The lowest BCUT2D eigenvalue weighted by atomic mass is 10.2. The van der Waals surface area contributed by atoms with Gasteiger partial charge in [0.15, 0.2) is 0 Å². The Labute approximate surface area is 67.3 Å². The predicted molar refractivity (Wildman–Crippen MR) is 44.0 cm³/mol. The molecule has 3 heteroatoms. The lowest BCUT2D eigenvalue weighted by molar-refractivity contribution is -0.132. The molecule has 0 unspecified atom stereocenters. The van der Waals surface area contributed by atoms with Crippen LogP contribution in [-0.2, 0) is 4.79 Å². The summed E-state index contributed by atoms with van der Waals surface area (Å²) in [6, 6.07) is 0. The quantitative estimate of drug-likeness (QED) is 0.620. The Hall–Kier alpha value is -0.830. The molecule has 0 saturated carbocycles. The zero-order chi connectivity index (χ0) is 8.85. The Morgan fingerprint density at radius 1 is 1.55 bits per heavy atom. The zero-order valence-corrected chi connectivity index (χ0v) is 7.16. The molecule has 0 heterocycles. The maximum Gasteiger partial charge on any atom is 0.330 e. The molecule has 0 saturated heterocycles. The van der Waals surface area contributed by atoms with Crippen LogP contribution >= 0.6 is 0 Å². The van der Waals surface area contributed by atoms with E-state index < -0.39 is 5.97 Å². The number of carbonyl (C=O) groups is 1. The van der Waals surface area contributed by atoms with Crippen LogP contribution in [0.5, 0.6) is 0 Å². The monoisotopic (exact) mass is 156 g/mol. The molecule has 63 valence electrons.